The third kappa shape index (κ3) is 5.00. The maximum absolute atomic E-state index is 11.5. The molecule has 0 saturated carbocycles. The average molecular weight is 369 g/mol. The van der Waals surface area contributed by atoms with Crippen LogP contribution in [0.2, 0.25) is 0 Å². The van der Waals surface area contributed by atoms with Crippen LogP contribution in [0.5, 0.6) is 11.5 Å². The predicted octanol–water partition coefficient (Wildman–Crippen LogP) is 3.58. The number of methoxy groups -OCH3 is 1. The van der Waals surface area contributed by atoms with E-state index in [9.17, 15) is 9.59 Å². The monoisotopic (exact) mass is 369 g/mol. The number of aryl methyl sites for hydroxylation is 1. The number of unbranched alkanes of at least 4 members (excludes halogenated alkanes) is 1. The molecule has 0 bridgehead atoms. The van der Waals surface area contributed by atoms with Gasteiger partial charge in [0.2, 0.25) is 0 Å². The lowest BCUT2D eigenvalue weighted by Gasteiger charge is -2.13. The van der Waals surface area contributed by atoms with Crippen molar-refractivity contribution in [1.29, 1.82) is 0 Å². The van der Waals surface area contributed by atoms with Gasteiger partial charge in [0.05, 0.1) is 7.11 Å². The molecule has 1 aliphatic heterocycles. The molecule has 0 unspecified atom stereocenters. The van der Waals surface area contributed by atoms with Crippen LogP contribution < -0.4 is 9.47 Å². The molecule has 27 heavy (non-hydrogen) atoms. The summed E-state index contributed by atoms with van der Waals surface area (Å²) >= 11 is 0. The maximum atomic E-state index is 11.5. The summed E-state index contributed by atoms with van der Waals surface area (Å²) in [6.45, 7) is 0.740. The van der Waals surface area contributed by atoms with E-state index >= 15 is 0 Å². The minimum atomic E-state index is -0.540. The molecule has 0 radical (unpaired) electrons. The number of carbonyl (C=O) groups is 2. The highest BCUT2D eigenvalue weighted by molar-refractivity contribution is 5.97. The zero-order valence-electron chi connectivity index (χ0n) is 15.3. The van der Waals surface area contributed by atoms with Gasteiger partial charge >= 0.3 is 6.09 Å². The SMILES string of the molecule is COc1cc(CCCCN2C(=O)COC2=O)ccc1OCc1ccccc1. The smallest absolute Gasteiger partial charge is 0.417 e. The molecule has 1 saturated heterocycles. The quantitative estimate of drug-likeness (QED) is 0.632. The van der Waals surface area contributed by atoms with Crippen molar-refractivity contribution in [3.05, 3.63) is 59.7 Å². The van der Waals surface area contributed by atoms with Crippen LogP contribution in [0.1, 0.15) is 24.0 Å². The van der Waals surface area contributed by atoms with Crippen molar-refractivity contribution < 1.29 is 23.8 Å². The van der Waals surface area contributed by atoms with Crippen molar-refractivity contribution in [3.8, 4) is 11.5 Å². The molecule has 142 valence electrons. The van der Waals surface area contributed by atoms with E-state index in [1.54, 1.807) is 7.11 Å². The Morgan fingerprint density at radius 3 is 2.52 bits per heavy atom. The first-order chi connectivity index (χ1) is 13.2. The molecule has 1 aliphatic rings. The number of amides is 2. The molecule has 1 fully saturated rings. The first kappa shape index (κ1) is 18.8. The number of hydrogen-bond acceptors (Lipinski definition) is 5. The van der Waals surface area contributed by atoms with Crippen molar-refractivity contribution in [2.45, 2.75) is 25.9 Å². The van der Waals surface area contributed by atoms with Gasteiger partial charge in [-0.3, -0.25) is 4.79 Å². The zero-order valence-corrected chi connectivity index (χ0v) is 15.3. The Morgan fingerprint density at radius 2 is 1.81 bits per heavy atom. The molecular formula is C21H23NO5. The molecular weight excluding hydrogens is 346 g/mol. The van der Waals surface area contributed by atoms with E-state index in [0.717, 1.165) is 30.4 Å². The number of cyclic esters (lactones) is 1. The fourth-order valence-electron chi connectivity index (χ4n) is 2.92. The maximum Gasteiger partial charge on any atom is 0.417 e. The summed E-state index contributed by atoms with van der Waals surface area (Å²) in [6.07, 6.45) is 1.87. The first-order valence-electron chi connectivity index (χ1n) is 8.98. The van der Waals surface area contributed by atoms with Gasteiger partial charge in [0, 0.05) is 6.54 Å². The van der Waals surface area contributed by atoms with Gasteiger partial charge in [-0.25, -0.2) is 9.69 Å². The highest BCUT2D eigenvalue weighted by atomic mass is 16.6. The standard InChI is InChI=1S/C21H23NO5/c1-25-19-13-16(7-5-6-12-22-20(23)15-27-21(22)24)10-11-18(19)26-14-17-8-3-2-4-9-17/h2-4,8-11,13H,5-7,12,14-15H2,1H3. The molecule has 0 spiro atoms. The minimum absolute atomic E-state index is 0.138. The Labute approximate surface area is 158 Å². The molecule has 3 rings (SSSR count). The number of benzene rings is 2. The van der Waals surface area contributed by atoms with E-state index in [0.29, 0.717) is 24.7 Å². The average Bonchev–Trinajstić information content (AvgIpc) is 3.02. The summed E-state index contributed by atoms with van der Waals surface area (Å²) in [4.78, 5) is 24.0. The molecule has 6 nitrogen and oxygen atoms in total. The molecule has 2 amide bonds. The van der Waals surface area contributed by atoms with Crippen molar-refractivity contribution >= 4 is 12.0 Å². The number of rotatable bonds is 9. The number of carbonyl (C=O) groups excluding carboxylic acids is 2. The predicted molar refractivity (Wildman–Crippen MR) is 99.8 cm³/mol. The molecule has 0 atom stereocenters. The van der Waals surface area contributed by atoms with Gasteiger partial charge in [-0.2, -0.15) is 0 Å². The first-order valence-corrected chi connectivity index (χ1v) is 8.98. The lowest BCUT2D eigenvalue weighted by atomic mass is 10.1. The van der Waals surface area contributed by atoms with Crippen LogP contribution in [0, 0.1) is 0 Å². The molecule has 1 heterocycles. The topological polar surface area (TPSA) is 65.1 Å². The fraction of sp³-hybridized carbons (Fsp3) is 0.333. The van der Waals surface area contributed by atoms with Crippen molar-refractivity contribution in [1.82, 2.24) is 4.90 Å². The second-order valence-corrected chi connectivity index (χ2v) is 6.32. The van der Waals surface area contributed by atoms with E-state index in [4.69, 9.17) is 14.2 Å². The summed E-state index contributed by atoms with van der Waals surface area (Å²) < 4.78 is 16.0. The summed E-state index contributed by atoms with van der Waals surface area (Å²) in [6, 6.07) is 15.9. The second-order valence-electron chi connectivity index (χ2n) is 6.32. The summed E-state index contributed by atoms with van der Waals surface area (Å²) in [5.74, 6) is 1.14. The Kier molecular flexibility index (Phi) is 6.30. The summed E-state index contributed by atoms with van der Waals surface area (Å²) in [7, 11) is 1.62. The van der Waals surface area contributed by atoms with E-state index in [1.165, 1.54) is 4.90 Å². The van der Waals surface area contributed by atoms with Crippen LogP contribution >= 0.6 is 0 Å². The van der Waals surface area contributed by atoms with Gasteiger partial charge in [-0.15, -0.1) is 0 Å². The molecule has 0 aromatic heterocycles. The Balaban J connectivity index is 1.49. The fourth-order valence-corrected chi connectivity index (χ4v) is 2.92. The number of nitrogens with zero attached hydrogens (tertiary/aromatic N) is 1. The van der Waals surface area contributed by atoms with Crippen molar-refractivity contribution in [3.63, 3.8) is 0 Å². The van der Waals surface area contributed by atoms with Gasteiger partial charge in [-0.05, 0) is 42.5 Å². The van der Waals surface area contributed by atoms with E-state index in [1.807, 2.05) is 48.5 Å². The Bertz CT molecular complexity index is 774. The highest BCUT2D eigenvalue weighted by Crippen LogP contribution is 2.29. The number of ether oxygens (including phenoxy) is 3. The van der Waals surface area contributed by atoms with Crippen molar-refractivity contribution in [2.75, 3.05) is 20.3 Å². The number of imide groups is 1. The van der Waals surface area contributed by atoms with Crippen molar-refractivity contribution in [2.24, 2.45) is 0 Å². The lowest BCUT2D eigenvalue weighted by Crippen LogP contribution is -2.30. The molecule has 0 aliphatic carbocycles. The third-order valence-corrected chi connectivity index (χ3v) is 4.40. The second kappa shape index (κ2) is 9.07. The third-order valence-electron chi connectivity index (χ3n) is 4.40. The van der Waals surface area contributed by atoms with Crippen LogP contribution in [-0.2, 0) is 22.6 Å². The van der Waals surface area contributed by atoms with Crippen LogP contribution in [0.15, 0.2) is 48.5 Å². The van der Waals surface area contributed by atoms with Crippen LogP contribution in [0.4, 0.5) is 4.79 Å². The van der Waals surface area contributed by atoms with E-state index in [-0.39, 0.29) is 12.5 Å². The number of hydrogen-bond donors (Lipinski definition) is 0. The largest absolute Gasteiger partial charge is 0.493 e. The van der Waals surface area contributed by atoms with Crippen LogP contribution in [0.25, 0.3) is 0 Å². The summed E-state index contributed by atoms with van der Waals surface area (Å²) in [5, 5.41) is 0. The molecule has 2 aromatic carbocycles. The Hall–Kier alpha value is -3.02. The molecule has 6 heteroatoms. The highest BCUT2D eigenvalue weighted by Gasteiger charge is 2.29. The lowest BCUT2D eigenvalue weighted by molar-refractivity contribution is -0.125. The van der Waals surface area contributed by atoms with Gasteiger partial charge in [0.25, 0.3) is 5.91 Å². The minimum Gasteiger partial charge on any atom is -0.493 e. The molecule has 2 aromatic rings. The van der Waals surface area contributed by atoms with Crippen LogP contribution in [-0.4, -0.2) is 37.2 Å². The Morgan fingerprint density at radius 1 is 1.00 bits per heavy atom. The van der Waals surface area contributed by atoms with E-state index < -0.39 is 6.09 Å². The summed E-state index contributed by atoms with van der Waals surface area (Å²) in [5.41, 5.74) is 2.22. The van der Waals surface area contributed by atoms with Crippen LogP contribution in [0.3, 0.4) is 0 Å². The van der Waals surface area contributed by atoms with Gasteiger partial charge in [0.1, 0.15) is 6.61 Å². The van der Waals surface area contributed by atoms with Gasteiger partial charge in [0.15, 0.2) is 18.1 Å². The van der Waals surface area contributed by atoms with E-state index in [2.05, 4.69) is 0 Å². The molecule has 0 N–H and O–H groups in total. The zero-order chi connectivity index (χ0) is 19.1. The van der Waals surface area contributed by atoms with Gasteiger partial charge < -0.3 is 14.2 Å². The van der Waals surface area contributed by atoms with Gasteiger partial charge in [-0.1, -0.05) is 36.4 Å². The normalized spacial score (nSPS) is 13.6.